The maximum absolute atomic E-state index is 12.7. The van der Waals surface area contributed by atoms with E-state index in [2.05, 4.69) is 0 Å². The van der Waals surface area contributed by atoms with Crippen LogP contribution >= 0.6 is 0 Å². The van der Waals surface area contributed by atoms with Crippen LogP contribution in [0.25, 0.3) is 0 Å². The minimum atomic E-state index is -3.64. The third-order valence-electron chi connectivity index (χ3n) is 3.93. The molecule has 6 nitrogen and oxygen atoms in total. The molecule has 1 amide bonds. The highest BCUT2D eigenvalue weighted by molar-refractivity contribution is 7.89. The molecule has 126 valence electrons. The van der Waals surface area contributed by atoms with E-state index in [-0.39, 0.29) is 29.7 Å². The summed E-state index contributed by atoms with van der Waals surface area (Å²) >= 11 is 0. The van der Waals surface area contributed by atoms with E-state index in [0.717, 1.165) is 6.42 Å². The van der Waals surface area contributed by atoms with Gasteiger partial charge < -0.3 is 4.90 Å². The van der Waals surface area contributed by atoms with Gasteiger partial charge in [0.25, 0.3) is 0 Å². The zero-order valence-electron chi connectivity index (χ0n) is 13.5. The predicted octanol–water partition coefficient (Wildman–Crippen LogP) is 1.52. The smallest absolute Gasteiger partial charge is 0.243 e. The van der Waals surface area contributed by atoms with Crippen LogP contribution in [0.3, 0.4) is 0 Å². The maximum atomic E-state index is 12.7. The summed E-state index contributed by atoms with van der Waals surface area (Å²) in [5, 5.41) is 0. The van der Waals surface area contributed by atoms with Crippen molar-refractivity contribution in [3.8, 4) is 0 Å². The van der Waals surface area contributed by atoms with Crippen molar-refractivity contribution in [2.75, 3.05) is 26.2 Å². The summed E-state index contributed by atoms with van der Waals surface area (Å²) in [7, 11) is -3.64. The Kier molecular flexibility index (Phi) is 5.54. The number of carbonyl (C=O) groups is 2. The Labute approximate surface area is 137 Å². The van der Waals surface area contributed by atoms with Crippen LogP contribution in [0.15, 0.2) is 29.2 Å². The van der Waals surface area contributed by atoms with E-state index < -0.39 is 10.0 Å². The number of benzene rings is 1. The molecule has 0 saturated carbocycles. The fourth-order valence-electron chi connectivity index (χ4n) is 2.57. The first kappa shape index (κ1) is 17.6. The summed E-state index contributed by atoms with van der Waals surface area (Å²) < 4.78 is 26.7. The molecule has 1 heterocycles. The van der Waals surface area contributed by atoms with Gasteiger partial charge in [-0.3, -0.25) is 9.59 Å². The lowest BCUT2D eigenvalue weighted by Gasteiger charge is -2.34. The van der Waals surface area contributed by atoms with Gasteiger partial charge in [0.15, 0.2) is 5.78 Å². The number of nitrogens with zero attached hydrogens (tertiary/aromatic N) is 2. The SMILES string of the molecule is CCCC(=O)N1CCN(S(=O)(=O)c2cccc(C(C)=O)c2)CC1. The maximum Gasteiger partial charge on any atom is 0.243 e. The third-order valence-corrected chi connectivity index (χ3v) is 5.83. The Morgan fingerprint density at radius 3 is 2.35 bits per heavy atom. The molecule has 0 unspecified atom stereocenters. The van der Waals surface area contributed by atoms with Gasteiger partial charge in [-0.15, -0.1) is 0 Å². The monoisotopic (exact) mass is 338 g/mol. The number of sulfonamides is 1. The second-order valence-corrected chi connectivity index (χ2v) is 7.56. The Balaban J connectivity index is 2.12. The van der Waals surface area contributed by atoms with Crippen molar-refractivity contribution in [1.29, 1.82) is 0 Å². The van der Waals surface area contributed by atoms with Crippen molar-refractivity contribution in [3.63, 3.8) is 0 Å². The second-order valence-electron chi connectivity index (χ2n) is 5.62. The summed E-state index contributed by atoms with van der Waals surface area (Å²) in [5.74, 6) is -0.0971. The lowest BCUT2D eigenvalue weighted by atomic mass is 10.2. The number of amides is 1. The fraction of sp³-hybridized carbons (Fsp3) is 0.500. The highest BCUT2D eigenvalue weighted by atomic mass is 32.2. The molecule has 1 saturated heterocycles. The van der Waals surface area contributed by atoms with E-state index in [4.69, 9.17) is 0 Å². The van der Waals surface area contributed by atoms with Crippen LogP contribution in [0, 0.1) is 0 Å². The lowest BCUT2D eigenvalue weighted by molar-refractivity contribution is -0.132. The van der Waals surface area contributed by atoms with Gasteiger partial charge in [0, 0.05) is 38.2 Å². The number of carbonyl (C=O) groups excluding carboxylic acids is 2. The third kappa shape index (κ3) is 3.97. The molecular formula is C16H22N2O4S. The number of hydrogen-bond acceptors (Lipinski definition) is 4. The van der Waals surface area contributed by atoms with Crippen LogP contribution in [-0.2, 0) is 14.8 Å². The minimum Gasteiger partial charge on any atom is -0.340 e. The lowest BCUT2D eigenvalue weighted by Crippen LogP contribution is -2.50. The van der Waals surface area contributed by atoms with E-state index in [0.29, 0.717) is 25.1 Å². The zero-order chi connectivity index (χ0) is 17.0. The number of rotatable bonds is 5. The van der Waals surface area contributed by atoms with Gasteiger partial charge in [-0.1, -0.05) is 19.1 Å². The topological polar surface area (TPSA) is 74.8 Å². The molecule has 1 fully saturated rings. The molecule has 0 atom stereocenters. The van der Waals surface area contributed by atoms with Crippen LogP contribution in [0.2, 0.25) is 0 Å². The Hall–Kier alpha value is -1.73. The number of ketones is 1. The summed E-state index contributed by atoms with van der Waals surface area (Å²) in [6.45, 7) is 4.73. The molecule has 1 aromatic rings. The van der Waals surface area contributed by atoms with Crippen LogP contribution in [0.5, 0.6) is 0 Å². The number of hydrogen-bond donors (Lipinski definition) is 0. The van der Waals surface area contributed by atoms with Gasteiger partial charge in [-0.25, -0.2) is 8.42 Å². The number of Topliss-reactive ketones (excluding diaryl/α,β-unsaturated/α-hetero) is 1. The minimum absolute atomic E-state index is 0.0723. The van der Waals surface area contributed by atoms with Crippen LogP contribution in [0.1, 0.15) is 37.0 Å². The second kappa shape index (κ2) is 7.23. The molecule has 1 aliphatic rings. The van der Waals surface area contributed by atoms with Crippen molar-refractivity contribution in [3.05, 3.63) is 29.8 Å². The Morgan fingerprint density at radius 1 is 1.13 bits per heavy atom. The summed E-state index contributed by atoms with van der Waals surface area (Å²) in [5.41, 5.74) is 0.378. The van der Waals surface area contributed by atoms with Crippen molar-refractivity contribution < 1.29 is 18.0 Å². The highest BCUT2D eigenvalue weighted by Gasteiger charge is 2.30. The molecule has 1 aromatic carbocycles. The Bertz CT molecular complexity index is 692. The number of piperazine rings is 1. The van der Waals surface area contributed by atoms with Crippen molar-refractivity contribution in [1.82, 2.24) is 9.21 Å². The van der Waals surface area contributed by atoms with E-state index in [1.807, 2.05) is 6.92 Å². The molecule has 0 bridgehead atoms. The van der Waals surface area contributed by atoms with Gasteiger partial charge in [-0.2, -0.15) is 4.31 Å². The molecule has 1 aliphatic heterocycles. The molecule has 7 heteroatoms. The van der Waals surface area contributed by atoms with Gasteiger partial charge in [0.2, 0.25) is 15.9 Å². The van der Waals surface area contributed by atoms with Crippen LogP contribution in [-0.4, -0.2) is 55.5 Å². The standard InChI is InChI=1S/C16H22N2O4S/c1-3-5-16(20)17-8-10-18(11-9-17)23(21,22)15-7-4-6-14(12-15)13(2)19/h4,6-7,12H,3,5,8-11H2,1-2H3. The highest BCUT2D eigenvalue weighted by Crippen LogP contribution is 2.19. The molecule has 0 N–H and O–H groups in total. The Morgan fingerprint density at radius 2 is 1.78 bits per heavy atom. The van der Waals surface area contributed by atoms with E-state index in [1.165, 1.54) is 23.4 Å². The quantitative estimate of drug-likeness (QED) is 0.763. The molecular weight excluding hydrogens is 316 g/mol. The van der Waals surface area contributed by atoms with Crippen molar-refractivity contribution in [2.45, 2.75) is 31.6 Å². The van der Waals surface area contributed by atoms with Gasteiger partial charge >= 0.3 is 0 Å². The van der Waals surface area contributed by atoms with Gasteiger partial charge in [0.05, 0.1) is 4.90 Å². The van der Waals surface area contributed by atoms with Gasteiger partial charge in [0.1, 0.15) is 0 Å². The van der Waals surface area contributed by atoms with E-state index in [1.54, 1.807) is 17.0 Å². The molecule has 0 spiro atoms. The van der Waals surface area contributed by atoms with Crippen LogP contribution < -0.4 is 0 Å². The van der Waals surface area contributed by atoms with Crippen LogP contribution in [0.4, 0.5) is 0 Å². The van der Waals surface area contributed by atoms with Gasteiger partial charge in [-0.05, 0) is 25.5 Å². The first-order valence-corrected chi connectivity index (χ1v) is 9.19. The first-order valence-electron chi connectivity index (χ1n) is 7.75. The van der Waals surface area contributed by atoms with E-state index in [9.17, 15) is 18.0 Å². The molecule has 0 aromatic heterocycles. The molecule has 0 radical (unpaired) electrons. The average molecular weight is 338 g/mol. The first-order chi connectivity index (χ1) is 10.9. The van der Waals surface area contributed by atoms with E-state index >= 15 is 0 Å². The summed E-state index contributed by atoms with van der Waals surface area (Å²) in [6.07, 6.45) is 1.28. The fourth-order valence-corrected chi connectivity index (χ4v) is 4.04. The largest absolute Gasteiger partial charge is 0.340 e. The normalized spacial score (nSPS) is 16.3. The summed E-state index contributed by atoms with van der Waals surface area (Å²) in [6, 6.07) is 6.08. The van der Waals surface area contributed by atoms with Crippen molar-refractivity contribution in [2.24, 2.45) is 0 Å². The molecule has 0 aliphatic carbocycles. The molecule has 23 heavy (non-hydrogen) atoms. The molecule has 2 rings (SSSR count). The van der Waals surface area contributed by atoms with Crippen molar-refractivity contribution >= 4 is 21.7 Å². The predicted molar refractivity (Wildman–Crippen MR) is 86.7 cm³/mol. The zero-order valence-corrected chi connectivity index (χ0v) is 14.3. The average Bonchev–Trinajstić information content (AvgIpc) is 2.55. The summed E-state index contributed by atoms with van der Waals surface area (Å²) in [4.78, 5) is 25.1.